The van der Waals surface area contributed by atoms with E-state index in [1.54, 1.807) is 25.3 Å². The van der Waals surface area contributed by atoms with Gasteiger partial charge in [0.05, 0.1) is 11.4 Å². The lowest BCUT2D eigenvalue weighted by molar-refractivity contribution is -0.116. The Morgan fingerprint density at radius 1 is 1.05 bits per heavy atom. The molecular weight excluding hydrogens is 504 g/mol. The molecule has 0 bridgehead atoms. The first-order chi connectivity index (χ1) is 19.3. The average molecular weight is 537 g/mol. The topological polar surface area (TPSA) is 141 Å². The van der Waals surface area contributed by atoms with E-state index in [4.69, 9.17) is 10.8 Å². The van der Waals surface area contributed by atoms with Crippen LogP contribution >= 0.6 is 0 Å². The number of hydrogen-bond acceptors (Lipinski definition) is 7. The second kappa shape index (κ2) is 11.5. The van der Waals surface area contributed by atoms with Crippen LogP contribution in [0.15, 0.2) is 48.9 Å². The van der Waals surface area contributed by atoms with E-state index in [-0.39, 0.29) is 23.9 Å². The van der Waals surface area contributed by atoms with Crippen LogP contribution in [0.5, 0.6) is 0 Å². The SMILES string of the molecule is CC#CC(=O)N[C@H]1CC[C@H](n2nc(-c3ccc(C(=O)Nc4cc(C(C)C)ccn4)cc3)c3c(N)ncnc32)CC1. The highest BCUT2D eigenvalue weighted by Gasteiger charge is 2.27. The Morgan fingerprint density at radius 2 is 1.80 bits per heavy atom. The lowest BCUT2D eigenvalue weighted by atomic mass is 9.91. The van der Waals surface area contributed by atoms with Crippen molar-refractivity contribution in [1.29, 1.82) is 0 Å². The van der Waals surface area contributed by atoms with Gasteiger partial charge < -0.3 is 16.4 Å². The van der Waals surface area contributed by atoms with Crippen molar-refractivity contribution in [3.8, 4) is 23.1 Å². The van der Waals surface area contributed by atoms with Crippen molar-refractivity contribution < 1.29 is 9.59 Å². The van der Waals surface area contributed by atoms with Gasteiger partial charge in [0, 0.05) is 23.4 Å². The Kier molecular flexibility index (Phi) is 7.73. The Bertz CT molecular complexity index is 1610. The molecule has 3 aromatic heterocycles. The third kappa shape index (κ3) is 5.64. The number of carbonyl (C=O) groups excluding carboxylic acids is 2. The summed E-state index contributed by atoms with van der Waals surface area (Å²) in [6, 6.07) is 11.3. The maximum atomic E-state index is 12.9. The van der Waals surface area contributed by atoms with E-state index < -0.39 is 0 Å². The monoisotopic (exact) mass is 536 g/mol. The number of fused-ring (bicyclic) bond motifs is 1. The number of nitrogens with one attached hydrogen (secondary N) is 2. The molecule has 2 amide bonds. The van der Waals surface area contributed by atoms with Gasteiger partial charge in [-0.05, 0) is 74.3 Å². The van der Waals surface area contributed by atoms with Gasteiger partial charge in [0.25, 0.3) is 11.8 Å². The summed E-state index contributed by atoms with van der Waals surface area (Å²) in [5.74, 6) is 5.89. The summed E-state index contributed by atoms with van der Waals surface area (Å²) in [7, 11) is 0. The third-order valence-corrected chi connectivity index (χ3v) is 7.25. The number of aromatic nitrogens is 5. The van der Waals surface area contributed by atoms with Crippen LogP contribution in [0.1, 0.15) is 74.3 Å². The van der Waals surface area contributed by atoms with Crippen molar-refractivity contribution in [3.05, 3.63) is 60.0 Å². The molecule has 1 fully saturated rings. The van der Waals surface area contributed by atoms with E-state index >= 15 is 0 Å². The molecule has 0 spiro atoms. The number of rotatable bonds is 6. The molecule has 3 heterocycles. The van der Waals surface area contributed by atoms with Crippen LogP contribution in [0, 0.1) is 11.8 Å². The van der Waals surface area contributed by atoms with Gasteiger partial charge in [0.15, 0.2) is 5.65 Å². The predicted molar refractivity (Wildman–Crippen MR) is 154 cm³/mol. The average Bonchev–Trinajstić information content (AvgIpc) is 3.35. The van der Waals surface area contributed by atoms with Gasteiger partial charge in [-0.25, -0.2) is 19.6 Å². The van der Waals surface area contributed by atoms with Gasteiger partial charge in [-0.2, -0.15) is 5.10 Å². The van der Waals surface area contributed by atoms with Crippen LogP contribution in [-0.2, 0) is 4.79 Å². The highest BCUT2D eigenvalue weighted by Crippen LogP contribution is 2.36. The number of hydrogen-bond donors (Lipinski definition) is 3. The molecule has 1 saturated carbocycles. The molecule has 1 aliphatic carbocycles. The molecule has 1 aliphatic rings. The summed E-state index contributed by atoms with van der Waals surface area (Å²) in [6.45, 7) is 5.84. The molecule has 40 heavy (non-hydrogen) atoms. The van der Waals surface area contributed by atoms with Gasteiger partial charge in [0.2, 0.25) is 0 Å². The van der Waals surface area contributed by atoms with Crippen molar-refractivity contribution in [2.24, 2.45) is 0 Å². The predicted octanol–water partition coefficient (Wildman–Crippen LogP) is 4.47. The van der Waals surface area contributed by atoms with E-state index in [9.17, 15) is 9.59 Å². The number of anilines is 2. The summed E-state index contributed by atoms with van der Waals surface area (Å²) < 4.78 is 1.93. The Morgan fingerprint density at radius 3 is 2.50 bits per heavy atom. The molecule has 0 radical (unpaired) electrons. The fraction of sp³-hybridized carbons (Fsp3) is 0.333. The number of nitrogens with zero attached hydrogens (tertiary/aromatic N) is 5. The van der Waals surface area contributed by atoms with Crippen LogP contribution in [0.25, 0.3) is 22.3 Å². The number of pyridine rings is 1. The molecule has 0 aliphatic heterocycles. The van der Waals surface area contributed by atoms with E-state index in [1.807, 2.05) is 28.9 Å². The fourth-order valence-electron chi connectivity index (χ4n) is 5.09. The van der Waals surface area contributed by atoms with Gasteiger partial charge in [-0.3, -0.25) is 9.59 Å². The molecule has 0 atom stereocenters. The van der Waals surface area contributed by atoms with Gasteiger partial charge in [-0.15, -0.1) is 0 Å². The summed E-state index contributed by atoms with van der Waals surface area (Å²) in [4.78, 5) is 37.8. The molecule has 10 heteroatoms. The molecule has 5 rings (SSSR count). The van der Waals surface area contributed by atoms with Crippen molar-refractivity contribution in [3.63, 3.8) is 0 Å². The Hall–Kier alpha value is -4.78. The van der Waals surface area contributed by atoms with E-state index in [0.717, 1.165) is 36.8 Å². The van der Waals surface area contributed by atoms with E-state index in [2.05, 4.69) is 51.3 Å². The van der Waals surface area contributed by atoms with Crippen LogP contribution < -0.4 is 16.4 Å². The quantitative estimate of drug-likeness (QED) is 0.309. The Labute approximate surface area is 232 Å². The molecule has 204 valence electrons. The van der Waals surface area contributed by atoms with Gasteiger partial charge in [0.1, 0.15) is 23.7 Å². The number of nitrogens with two attached hydrogens (primary N) is 1. The van der Waals surface area contributed by atoms with E-state index in [1.165, 1.54) is 6.33 Å². The van der Waals surface area contributed by atoms with Crippen LogP contribution in [0.2, 0.25) is 0 Å². The maximum Gasteiger partial charge on any atom is 0.296 e. The zero-order chi connectivity index (χ0) is 28.2. The normalized spacial score (nSPS) is 16.8. The summed E-state index contributed by atoms with van der Waals surface area (Å²) in [6.07, 6.45) is 6.44. The second-order valence-electron chi connectivity index (χ2n) is 10.3. The standard InChI is InChI=1S/C30H32N8O2/c1-4-5-25(39)35-22-10-12-23(13-11-22)38-29-26(28(31)33-17-34-29)27(37-38)19-6-8-20(9-7-19)30(40)36-24-16-21(18(2)3)14-15-32-24/h6-9,14-18,22-23H,10-13H2,1-3H3,(H,35,39)(H2,31,33,34)(H,32,36,40)/t22-,23-. The second-order valence-corrected chi connectivity index (χ2v) is 10.3. The first-order valence-electron chi connectivity index (χ1n) is 13.4. The maximum absolute atomic E-state index is 12.9. The lowest BCUT2D eigenvalue weighted by Crippen LogP contribution is -2.37. The molecule has 4 N–H and O–H groups in total. The zero-order valence-electron chi connectivity index (χ0n) is 22.8. The van der Waals surface area contributed by atoms with Gasteiger partial charge in [-0.1, -0.05) is 31.9 Å². The molecule has 0 saturated heterocycles. The largest absolute Gasteiger partial charge is 0.383 e. The smallest absolute Gasteiger partial charge is 0.296 e. The molecule has 0 unspecified atom stereocenters. The van der Waals surface area contributed by atoms with Crippen molar-refractivity contribution in [1.82, 2.24) is 30.0 Å². The molecule has 4 aromatic rings. The highest BCUT2D eigenvalue weighted by atomic mass is 16.2. The third-order valence-electron chi connectivity index (χ3n) is 7.25. The van der Waals surface area contributed by atoms with Crippen LogP contribution in [0.4, 0.5) is 11.6 Å². The van der Waals surface area contributed by atoms with Crippen molar-refractivity contribution in [2.75, 3.05) is 11.1 Å². The minimum atomic E-state index is -0.244. The highest BCUT2D eigenvalue weighted by molar-refractivity contribution is 6.04. The number of amides is 2. The minimum Gasteiger partial charge on any atom is -0.383 e. The first-order valence-corrected chi connectivity index (χ1v) is 13.4. The number of nitrogen functional groups attached to an aromatic ring is 1. The van der Waals surface area contributed by atoms with Crippen LogP contribution in [-0.4, -0.2) is 42.6 Å². The number of carbonyl (C=O) groups is 2. The minimum absolute atomic E-state index is 0.0901. The zero-order valence-corrected chi connectivity index (χ0v) is 22.8. The summed E-state index contributed by atoms with van der Waals surface area (Å²) in [5, 5.41) is 11.5. The first kappa shape index (κ1) is 26.8. The van der Waals surface area contributed by atoms with E-state index in [0.29, 0.717) is 39.8 Å². The Balaban J connectivity index is 1.36. The van der Waals surface area contributed by atoms with Gasteiger partial charge >= 0.3 is 0 Å². The van der Waals surface area contributed by atoms with Crippen LogP contribution in [0.3, 0.4) is 0 Å². The van der Waals surface area contributed by atoms with Crippen molar-refractivity contribution in [2.45, 2.75) is 64.5 Å². The summed E-state index contributed by atoms with van der Waals surface area (Å²) >= 11 is 0. The molecule has 10 nitrogen and oxygen atoms in total. The fourth-order valence-corrected chi connectivity index (χ4v) is 5.09. The molecular formula is C30H32N8O2. The van der Waals surface area contributed by atoms with Crippen molar-refractivity contribution >= 4 is 34.5 Å². The summed E-state index contributed by atoms with van der Waals surface area (Å²) in [5.41, 5.74) is 10.1. The lowest BCUT2D eigenvalue weighted by Gasteiger charge is -2.28. The number of benzene rings is 1. The molecule has 1 aromatic carbocycles.